The summed E-state index contributed by atoms with van der Waals surface area (Å²) in [6, 6.07) is 0.216. The molecule has 2 aromatic rings. The number of carbonyl (C=O) groups is 1. The average Bonchev–Trinajstić information content (AvgIpc) is 3.36. The van der Waals surface area contributed by atoms with Gasteiger partial charge in [0.15, 0.2) is 0 Å². The van der Waals surface area contributed by atoms with Gasteiger partial charge in [-0.25, -0.2) is 9.52 Å². The maximum atomic E-state index is 12.6. The van der Waals surface area contributed by atoms with Crippen molar-refractivity contribution in [2.75, 3.05) is 5.32 Å². The van der Waals surface area contributed by atoms with Crippen LogP contribution in [0.1, 0.15) is 54.5 Å². The van der Waals surface area contributed by atoms with Crippen LogP contribution >= 0.6 is 23.2 Å². The standard InChI is InChI=1S/C20H22Cl2N2O5S/c1-20(2,26)14-9-15(29-18(14)22)30(27,28)24-19(25)23-17-12-7-3-5-10(12)16(21)11-6-4-8-13(11)17/h9,26H,3-8H2,1-2H3,(H2,23,24,25). The van der Waals surface area contributed by atoms with Crippen molar-refractivity contribution in [1.29, 1.82) is 0 Å². The van der Waals surface area contributed by atoms with Gasteiger partial charge in [0.1, 0.15) is 0 Å². The summed E-state index contributed by atoms with van der Waals surface area (Å²) in [5.41, 5.74) is 3.43. The van der Waals surface area contributed by atoms with Crippen molar-refractivity contribution in [3.8, 4) is 0 Å². The fourth-order valence-corrected chi connectivity index (χ4v) is 5.94. The first-order valence-corrected chi connectivity index (χ1v) is 11.9. The number of urea groups is 1. The number of aliphatic hydroxyl groups is 1. The van der Waals surface area contributed by atoms with E-state index in [1.54, 1.807) is 0 Å². The molecule has 0 atom stereocenters. The lowest BCUT2D eigenvalue weighted by atomic mass is 9.98. The number of fused-ring (bicyclic) bond motifs is 2. The quantitative estimate of drug-likeness (QED) is 0.614. The molecule has 7 nitrogen and oxygen atoms in total. The number of anilines is 1. The lowest BCUT2D eigenvalue weighted by molar-refractivity contribution is 0.0781. The first-order valence-electron chi connectivity index (χ1n) is 9.70. The molecule has 0 fully saturated rings. The molecule has 0 saturated carbocycles. The number of hydrogen-bond donors (Lipinski definition) is 3. The number of rotatable bonds is 4. The Balaban J connectivity index is 1.61. The molecule has 3 N–H and O–H groups in total. The molecule has 0 spiro atoms. The van der Waals surface area contributed by atoms with Gasteiger partial charge in [-0.15, -0.1) is 0 Å². The van der Waals surface area contributed by atoms with Gasteiger partial charge in [-0.1, -0.05) is 11.6 Å². The molecule has 0 aliphatic heterocycles. The second kappa shape index (κ2) is 7.44. The molecule has 1 aromatic carbocycles. The third-order valence-electron chi connectivity index (χ3n) is 5.62. The number of hydrogen-bond acceptors (Lipinski definition) is 5. The smallest absolute Gasteiger partial charge is 0.333 e. The third-order valence-corrected chi connectivity index (χ3v) is 7.54. The number of benzene rings is 1. The molecule has 0 unspecified atom stereocenters. The molecule has 1 heterocycles. The van der Waals surface area contributed by atoms with Gasteiger partial charge in [-0.3, -0.25) is 0 Å². The Labute approximate surface area is 184 Å². The van der Waals surface area contributed by atoms with Crippen molar-refractivity contribution in [1.82, 2.24) is 4.72 Å². The number of amides is 2. The average molecular weight is 473 g/mol. The Hall–Kier alpha value is -1.74. The highest BCUT2D eigenvalue weighted by Crippen LogP contribution is 2.44. The van der Waals surface area contributed by atoms with Crippen LogP contribution in [-0.4, -0.2) is 19.6 Å². The number of sulfonamides is 1. The Morgan fingerprint density at radius 1 is 1.07 bits per heavy atom. The van der Waals surface area contributed by atoms with Crippen molar-refractivity contribution in [3.63, 3.8) is 0 Å². The van der Waals surface area contributed by atoms with Crippen LogP contribution in [0.4, 0.5) is 10.5 Å². The SMILES string of the molecule is CC(C)(O)c1cc(S(=O)(=O)NC(=O)Nc2c3c(c(Cl)c4c2CCC4)CCC3)oc1Cl. The molecule has 30 heavy (non-hydrogen) atoms. The molecule has 0 radical (unpaired) electrons. The largest absolute Gasteiger partial charge is 0.431 e. The number of halogens is 2. The van der Waals surface area contributed by atoms with Gasteiger partial charge in [-0.2, -0.15) is 8.42 Å². The topological polar surface area (TPSA) is 109 Å². The molecule has 162 valence electrons. The summed E-state index contributed by atoms with van der Waals surface area (Å²) in [7, 11) is -4.33. The fraction of sp³-hybridized carbons (Fsp3) is 0.450. The van der Waals surface area contributed by atoms with Gasteiger partial charge >= 0.3 is 6.03 Å². The van der Waals surface area contributed by atoms with Crippen LogP contribution in [0.3, 0.4) is 0 Å². The number of furan rings is 1. The Morgan fingerprint density at radius 2 is 1.60 bits per heavy atom. The van der Waals surface area contributed by atoms with E-state index in [-0.39, 0.29) is 10.8 Å². The summed E-state index contributed by atoms with van der Waals surface area (Å²) in [6.07, 6.45) is 5.15. The van der Waals surface area contributed by atoms with Crippen LogP contribution in [0.2, 0.25) is 10.2 Å². The van der Waals surface area contributed by atoms with Gasteiger partial charge in [-0.05, 0) is 86.2 Å². The molecule has 2 aliphatic carbocycles. The minimum atomic E-state index is -4.33. The van der Waals surface area contributed by atoms with Crippen molar-refractivity contribution >= 4 is 44.9 Å². The molecule has 0 saturated heterocycles. The highest BCUT2D eigenvalue weighted by atomic mass is 35.5. The van der Waals surface area contributed by atoms with Gasteiger partial charge in [0.2, 0.25) is 10.3 Å². The van der Waals surface area contributed by atoms with E-state index >= 15 is 0 Å². The molecule has 4 rings (SSSR count). The van der Waals surface area contributed by atoms with Crippen molar-refractivity contribution in [2.24, 2.45) is 0 Å². The number of nitrogens with one attached hydrogen (secondary N) is 2. The lowest BCUT2D eigenvalue weighted by Gasteiger charge is -2.18. The van der Waals surface area contributed by atoms with Crippen LogP contribution in [0.25, 0.3) is 0 Å². The van der Waals surface area contributed by atoms with E-state index in [1.165, 1.54) is 13.8 Å². The van der Waals surface area contributed by atoms with E-state index in [9.17, 15) is 18.3 Å². The second-order valence-corrected chi connectivity index (χ2v) is 10.5. The Bertz CT molecular complexity index is 1110. The van der Waals surface area contributed by atoms with Gasteiger partial charge < -0.3 is 14.8 Å². The Kier molecular flexibility index (Phi) is 5.33. The van der Waals surface area contributed by atoms with Gasteiger partial charge in [0.05, 0.1) is 5.60 Å². The zero-order valence-corrected chi connectivity index (χ0v) is 18.9. The molecular weight excluding hydrogens is 451 g/mol. The predicted octanol–water partition coefficient (Wildman–Crippen LogP) is 4.30. The molecule has 0 bridgehead atoms. The molecule has 2 aliphatic rings. The highest BCUT2D eigenvalue weighted by molar-refractivity contribution is 7.89. The first-order chi connectivity index (χ1) is 14.0. The maximum absolute atomic E-state index is 12.6. The minimum Gasteiger partial charge on any atom is -0.431 e. The summed E-state index contributed by atoms with van der Waals surface area (Å²) in [4.78, 5) is 12.6. The summed E-state index contributed by atoms with van der Waals surface area (Å²) in [5.74, 6) is 0. The highest BCUT2D eigenvalue weighted by Gasteiger charge is 2.32. The van der Waals surface area contributed by atoms with Crippen LogP contribution in [0, 0.1) is 0 Å². The van der Waals surface area contributed by atoms with Crippen LogP contribution in [0.5, 0.6) is 0 Å². The zero-order valence-electron chi connectivity index (χ0n) is 16.6. The van der Waals surface area contributed by atoms with E-state index < -0.39 is 26.7 Å². The fourth-order valence-electron chi connectivity index (χ4n) is 4.25. The summed E-state index contributed by atoms with van der Waals surface area (Å²) >= 11 is 12.5. The van der Waals surface area contributed by atoms with Crippen molar-refractivity contribution in [2.45, 2.75) is 63.1 Å². The van der Waals surface area contributed by atoms with E-state index in [1.807, 2.05) is 4.72 Å². The molecular formula is C20H22Cl2N2O5S. The van der Waals surface area contributed by atoms with Crippen LogP contribution in [-0.2, 0) is 41.3 Å². The summed E-state index contributed by atoms with van der Waals surface area (Å²) in [6.45, 7) is 2.89. The second-order valence-electron chi connectivity index (χ2n) is 8.18. The van der Waals surface area contributed by atoms with E-state index in [4.69, 9.17) is 27.6 Å². The summed E-state index contributed by atoms with van der Waals surface area (Å²) < 4.78 is 32.3. The normalized spacial score (nSPS) is 15.8. The van der Waals surface area contributed by atoms with Crippen molar-refractivity contribution in [3.05, 3.63) is 44.1 Å². The monoisotopic (exact) mass is 472 g/mol. The molecule has 2 amide bonds. The first kappa shape index (κ1) is 21.5. The predicted molar refractivity (Wildman–Crippen MR) is 114 cm³/mol. The molecule has 10 heteroatoms. The lowest BCUT2D eigenvalue weighted by Crippen LogP contribution is -2.34. The van der Waals surface area contributed by atoms with Gasteiger partial charge in [0.25, 0.3) is 10.0 Å². The van der Waals surface area contributed by atoms with Crippen LogP contribution in [0.15, 0.2) is 15.6 Å². The summed E-state index contributed by atoms with van der Waals surface area (Å²) in [5, 5.41) is 12.8. The van der Waals surface area contributed by atoms with E-state index in [0.29, 0.717) is 5.69 Å². The van der Waals surface area contributed by atoms with Gasteiger partial charge in [0, 0.05) is 22.3 Å². The third kappa shape index (κ3) is 3.70. The minimum absolute atomic E-state index is 0.110. The molecule has 1 aromatic heterocycles. The van der Waals surface area contributed by atoms with Crippen molar-refractivity contribution < 1.29 is 22.7 Å². The van der Waals surface area contributed by atoms with Crippen LogP contribution < -0.4 is 10.0 Å². The zero-order chi connectivity index (χ0) is 21.8. The maximum Gasteiger partial charge on any atom is 0.333 e. The van der Waals surface area contributed by atoms with E-state index in [0.717, 1.165) is 71.9 Å². The Morgan fingerprint density at radius 3 is 2.10 bits per heavy atom. The van der Waals surface area contributed by atoms with E-state index in [2.05, 4.69) is 5.32 Å². The number of carbonyl (C=O) groups excluding carboxylic acids is 1.